The van der Waals surface area contributed by atoms with Gasteiger partial charge in [0.1, 0.15) is 0 Å². The molecule has 1 amide bonds. The van der Waals surface area contributed by atoms with Crippen LogP contribution in [0.3, 0.4) is 0 Å². The van der Waals surface area contributed by atoms with Gasteiger partial charge in [-0.3, -0.25) is 9.69 Å². The Morgan fingerprint density at radius 1 is 1.33 bits per heavy atom. The Labute approximate surface area is 149 Å². The number of nitrogens with one attached hydrogen (secondary N) is 1. The number of carbonyl (C=O) groups excluding carboxylic acids is 1. The molecule has 8 heteroatoms. The summed E-state index contributed by atoms with van der Waals surface area (Å²) >= 11 is 0. The Bertz CT molecular complexity index is 544. The Kier molecular flexibility index (Phi) is 6.60. The Hall–Kier alpha value is -1.18. The highest BCUT2D eigenvalue weighted by atomic mass is 35.5. The molecule has 0 spiro atoms. The van der Waals surface area contributed by atoms with E-state index in [1.165, 1.54) is 0 Å². The van der Waals surface area contributed by atoms with E-state index in [0.717, 1.165) is 45.6 Å². The average Bonchev–Trinajstić information content (AvgIpc) is 3.00. The van der Waals surface area contributed by atoms with E-state index in [-0.39, 0.29) is 24.4 Å². The van der Waals surface area contributed by atoms with Crippen LogP contribution >= 0.6 is 12.4 Å². The van der Waals surface area contributed by atoms with Crippen molar-refractivity contribution in [2.75, 3.05) is 32.7 Å². The molecule has 0 aromatic carbocycles. The van der Waals surface area contributed by atoms with E-state index in [1.54, 1.807) is 0 Å². The summed E-state index contributed by atoms with van der Waals surface area (Å²) in [6, 6.07) is 0.548. The third-order valence-electron chi connectivity index (χ3n) is 5.05. The van der Waals surface area contributed by atoms with E-state index in [9.17, 15) is 4.79 Å². The summed E-state index contributed by atoms with van der Waals surface area (Å²) in [5.74, 6) is 1.85. The van der Waals surface area contributed by atoms with Gasteiger partial charge in [0.2, 0.25) is 11.8 Å². The first-order valence-electron chi connectivity index (χ1n) is 8.61. The summed E-state index contributed by atoms with van der Waals surface area (Å²) in [6.45, 7) is 10.3. The molecule has 3 rings (SSSR count). The molecule has 2 fully saturated rings. The van der Waals surface area contributed by atoms with Gasteiger partial charge in [-0.05, 0) is 40.2 Å². The summed E-state index contributed by atoms with van der Waals surface area (Å²) in [4.78, 5) is 21.3. The third-order valence-corrected chi connectivity index (χ3v) is 5.05. The zero-order valence-electron chi connectivity index (χ0n) is 14.7. The predicted molar refractivity (Wildman–Crippen MR) is 93.0 cm³/mol. The molecule has 0 radical (unpaired) electrons. The van der Waals surface area contributed by atoms with Crippen LogP contribution in [0.1, 0.15) is 44.4 Å². The van der Waals surface area contributed by atoms with Crippen molar-refractivity contribution in [1.29, 1.82) is 0 Å². The molecule has 3 heterocycles. The van der Waals surface area contributed by atoms with Crippen molar-refractivity contribution in [2.24, 2.45) is 5.92 Å². The predicted octanol–water partition coefficient (Wildman–Crippen LogP) is 1.39. The second kappa shape index (κ2) is 8.27. The Morgan fingerprint density at radius 3 is 2.62 bits per heavy atom. The highest BCUT2D eigenvalue weighted by Crippen LogP contribution is 2.23. The quantitative estimate of drug-likeness (QED) is 0.881. The van der Waals surface area contributed by atoms with Gasteiger partial charge in [0.25, 0.3) is 0 Å². The second-order valence-corrected chi connectivity index (χ2v) is 6.79. The van der Waals surface area contributed by atoms with E-state index >= 15 is 0 Å². The van der Waals surface area contributed by atoms with Crippen molar-refractivity contribution in [3.63, 3.8) is 0 Å². The number of aryl methyl sites for hydroxylation is 1. The van der Waals surface area contributed by atoms with Crippen LogP contribution in [0.2, 0.25) is 0 Å². The highest BCUT2D eigenvalue weighted by molar-refractivity contribution is 5.85. The van der Waals surface area contributed by atoms with Crippen LogP contribution in [0.15, 0.2) is 4.52 Å². The number of hydrogen-bond donors (Lipinski definition) is 1. The lowest BCUT2D eigenvalue weighted by molar-refractivity contribution is -0.138. The van der Waals surface area contributed by atoms with Gasteiger partial charge in [-0.2, -0.15) is 4.98 Å². The lowest BCUT2D eigenvalue weighted by Crippen LogP contribution is -2.52. The molecule has 1 aromatic heterocycles. The van der Waals surface area contributed by atoms with Crippen LogP contribution in [0, 0.1) is 12.8 Å². The first-order valence-corrected chi connectivity index (χ1v) is 8.61. The minimum Gasteiger partial charge on any atom is -0.340 e. The molecule has 2 saturated heterocycles. The molecular formula is C16H28ClN5O2. The summed E-state index contributed by atoms with van der Waals surface area (Å²) in [5.41, 5.74) is 0. The molecule has 2 aliphatic rings. The van der Waals surface area contributed by atoms with Gasteiger partial charge >= 0.3 is 0 Å². The minimum atomic E-state index is 0. The van der Waals surface area contributed by atoms with Crippen LogP contribution in [-0.2, 0) is 4.79 Å². The lowest BCUT2D eigenvalue weighted by Gasteiger charge is -2.39. The van der Waals surface area contributed by atoms with Gasteiger partial charge in [-0.25, -0.2) is 0 Å². The molecule has 3 atom stereocenters. The highest BCUT2D eigenvalue weighted by Gasteiger charge is 2.32. The zero-order valence-corrected chi connectivity index (χ0v) is 15.5. The first-order chi connectivity index (χ1) is 11.0. The first kappa shape index (κ1) is 19.1. The van der Waals surface area contributed by atoms with Gasteiger partial charge in [0, 0.05) is 38.1 Å². The van der Waals surface area contributed by atoms with E-state index in [4.69, 9.17) is 4.52 Å². The normalized spacial score (nSPS) is 26.7. The van der Waals surface area contributed by atoms with Crippen LogP contribution in [0.4, 0.5) is 0 Å². The van der Waals surface area contributed by atoms with Crippen molar-refractivity contribution >= 4 is 18.3 Å². The van der Waals surface area contributed by atoms with Gasteiger partial charge in [-0.15, -0.1) is 12.4 Å². The fourth-order valence-electron chi connectivity index (χ4n) is 3.58. The monoisotopic (exact) mass is 357 g/mol. The average molecular weight is 358 g/mol. The van der Waals surface area contributed by atoms with Gasteiger partial charge in [-0.1, -0.05) is 5.16 Å². The van der Waals surface area contributed by atoms with E-state index < -0.39 is 0 Å². The van der Waals surface area contributed by atoms with E-state index in [2.05, 4.69) is 34.2 Å². The number of rotatable bonds is 3. The minimum absolute atomic E-state index is 0. The van der Waals surface area contributed by atoms with Gasteiger partial charge < -0.3 is 14.7 Å². The van der Waals surface area contributed by atoms with E-state index in [0.29, 0.717) is 23.7 Å². The SMILES string of the molecule is Cc1noc(C(C)N2CCN(C(=O)[C@H]3CCN[C@@H](C)C3)CC2)n1.Cl. The largest absolute Gasteiger partial charge is 0.340 e. The standard InChI is InChI=1S/C16H27N5O2.ClH/c1-11-10-14(4-5-17-11)16(22)21-8-6-20(7-9-21)12(2)15-18-13(3)19-23-15;/h11-12,14,17H,4-10H2,1-3H3;1H/t11-,12?,14-;/m0./s1. The maximum Gasteiger partial charge on any atom is 0.243 e. The van der Waals surface area contributed by atoms with Crippen molar-refractivity contribution in [1.82, 2.24) is 25.3 Å². The maximum atomic E-state index is 12.7. The number of amides is 1. The molecule has 0 saturated carbocycles. The van der Waals surface area contributed by atoms with Crippen molar-refractivity contribution < 1.29 is 9.32 Å². The summed E-state index contributed by atoms with van der Waals surface area (Å²) < 4.78 is 5.27. The molecule has 24 heavy (non-hydrogen) atoms. The maximum absolute atomic E-state index is 12.7. The molecule has 7 nitrogen and oxygen atoms in total. The number of hydrogen-bond acceptors (Lipinski definition) is 6. The second-order valence-electron chi connectivity index (χ2n) is 6.79. The third kappa shape index (κ3) is 4.26. The van der Waals surface area contributed by atoms with E-state index in [1.807, 2.05) is 11.8 Å². The van der Waals surface area contributed by atoms with Crippen LogP contribution < -0.4 is 5.32 Å². The smallest absolute Gasteiger partial charge is 0.243 e. The summed E-state index contributed by atoms with van der Waals surface area (Å²) in [5, 5.41) is 7.27. The lowest BCUT2D eigenvalue weighted by atomic mass is 9.92. The molecule has 1 unspecified atom stereocenters. The van der Waals surface area contributed by atoms with Crippen molar-refractivity contribution in [2.45, 2.75) is 45.7 Å². The van der Waals surface area contributed by atoms with Gasteiger partial charge in [0.15, 0.2) is 5.82 Å². The Balaban J connectivity index is 0.00000208. The molecule has 0 bridgehead atoms. The fraction of sp³-hybridized carbons (Fsp3) is 0.812. The van der Waals surface area contributed by atoms with Crippen molar-refractivity contribution in [3.05, 3.63) is 11.7 Å². The fourth-order valence-corrected chi connectivity index (χ4v) is 3.58. The number of nitrogens with zero attached hydrogens (tertiary/aromatic N) is 4. The zero-order chi connectivity index (χ0) is 16.4. The van der Waals surface area contributed by atoms with Gasteiger partial charge in [0.05, 0.1) is 6.04 Å². The van der Waals surface area contributed by atoms with Crippen molar-refractivity contribution in [3.8, 4) is 0 Å². The molecule has 1 N–H and O–H groups in total. The molecular weight excluding hydrogens is 330 g/mol. The summed E-state index contributed by atoms with van der Waals surface area (Å²) in [7, 11) is 0. The number of carbonyl (C=O) groups is 1. The molecule has 1 aromatic rings. The number of aromatic nitrogens is 2. The summed E-state index contributed by atoms with van der Waals surface area (Å²) in [6.07, 6.45) is 1.91. The van der Waals surface area contributed by atoms with Crippen LogP contribution in [0.5, 0.6) is 0 Å². The number of piperidine rings is 1. The molecule has 136 valence electrons. The van der Waals surface area contributed by atoms with Crippen LogP contribution in [0.25, 0.3) is 0 Å². The Morgan fingerprint density at radius 2 is 2.04 bits per heavy atom. The van der Waals surface area contributed by atoms with Crippen LogP contribution in [-0.4, -0.2) is 64.6 Å². The number of piperazine rings is 1. The molecule has 2 aliphatic heterocycles. The molecule has 0 aliphatic carbocycles. The number of halogens is 1. The topological polar surface area (TPSA) is 74.5 Å².